The summed E-state index contributed by atoms with van der Waals surface area (Å²) in [5, 5.41) is 0. The van der Waals surface area contributed by atoms with E-state index in [0.717, 1.165) is 12.0 Å². The maximum absolute atomic E-state index is 12.2. The molecule has 24 heavy (non-hydrogen) atoms. The number of nitrogens with zero attached hydrogens (tertiary/aromatic N) is 1. The second-order valence-electron chi connectivity index (χ2n) is 6.10. The lowest BCUT2D eigenvalue weighted by Crippen LogP contribution is -2.36. The number of ether oxygens (including phenoxy) is 2. The Labute approximate surface area is 142 Å². The second-order valence-corrected chi connectivity index (χ2v) is 8.32. The van der Waals surface area contributed by atoms with Crippen molar-refractivity contribution in [1.29, 1.82) is 0 Å². The third-order valence-electron chi connectivity index (χ3n) is 4.29. The Morgan fingerprint density at radius 3 is 2.71 bits per heavy atom. The minimum Gasteiger partial charge on any atom is -0.490 e. The van der Waals surface area contributed by atoms with Crippen LogP contribution in [0.3, 0.4) is 0 Å². The molecule has 1 saturated heterocycles. The minimum absolute atomic E-state index is 0.0487. The highest BCUT2D eigenvalue weighted by molar-refractivity contribution is 7.91. The van der Waals surface area contributed by atoms with E-state index < -0.39 is 9.84 Å². The van der Waals surface area contributed by atoms with E-state index in [2.05, 4.69) is 0 Å². The summed E-state index contributed by atoms with van der Waals surface area (Å²) in [6.45, 7) is 1.24. The van der Waals surface area contributed by atoms with Crippen LogP contribution in [0.15, 0.2) is 24.3 Å². The standard InChI is InChI=1S/C17H21NO5S/c1-18(14-7-10-24(20,21)12-14)17(19)6-4-13-3-5-15-16(11-13)23-9-2-8-22-15/h3-6,11,14H,2,7-10,12H2,1H3/b6-4+/t14-/m1/s1. The predicted octanol–water partition coefficient (Wildman–Crippen LogP) is 1.51. The molecule has 1 amide bonds. The van der Waals surface area contributed by atoms with Crippen molar-refractivity contribution in [1.82, 2.24) is 4.90 Å². The van der Waals surface area contributed by atoms with Gasteiger partial charge in [0.15, 0.2) is 21.3 Å². The van der Waals surface area contributed by atoms with Gasteiger partial charge in [0.25, 0.3) is 0 Å². The zero-order chi connectivity index (χ0) is 17.2. The summed E-state index contributed by atoms with van der Waals surface area (Å²) in [5.74, 6) is 1.39. The Morgan fingerprint density at radius 1 is 1.25 bits per heavy atom. The molecule has 3 rings (SSSR count). The maximum atomic E-state index is 12.2. The van der Waals surface area contributed by atoms with E-state index >= 15 is 0 Å². The van der Waals surface area contributed by atoms with Crippen LogP contribution in [0.5, 0.6) is 11.5 Å². The molecule has 1 fully saturated rings. The monoisotopic (exact) mass is 351 g/mol. The van der Waals surface area contributed by atoms with Crippen LogP contribution in [0, 0.1) is 0 Å². The van der Waals surface area contributed by atoms with Crippen molar-refractivity contribution in [3.05, 3.63) is 29.8 Å². The first kappa shape index (κ1) is 16.8. The molecule has 0 aliphatic carbocycles. The number of hydrogen-bond acceptors (Lipinski definition) is 5. The van der Waals surface area contributed by atoms with Crippen LogP contribution in [0.2, 0.25) is 0 Å². The first-order chi connectivity index (χ1) is 11.4. The molecule has 1 aromatic rings. The van der Waals surface area contributed by atoms with Crippen LogP contribution < -0.4 is 9.47 Å². The second kappa shape index (κ2) is 6.84. The van der Waals surface area contributed by atoms with E-state index in [-0.39, 0.29) is 23.5 Å². The van der Waals surface area contributed by atoms with Gasteiger partial charge in [-0.2, -0.15) is 0 Å². The maximum Gasteiger partial charge on any atom is 0.246 e. The summed E-state index contributed by atoms with van der Waals surface area (Å²) in [6, 6.07) is 5.29. The number of carbonyl (C=O) groups excluding carboxylic acids is 1. The molecule has 0 bridgehead atoms. The highest BCUT2D eigenvalue weighted by atomic mass is 32.2. The Morgan fingerprint density at radius 2 is 2.00 bits per heavy atom. The van der Waals surface area contributed by atoms with Crippen molar-refractivity contribution in [2.45, 2.75) is 18.9 Å². The fourth-order valence-electron chi connectivity index (χ4n) is 2.83. The predicted molar refractivity (Wildman–Crippen MR) is 90.9 cm³/mol. The number of amides is 1. The third kappa shape index (κ3) is 3.90. The molecule has 0 aromatic heterocycles. The topological polar surface area (TPSA) is 72.9 Å². The molecule has 2 aliphatic heterocycles. The molecule has 2 aliphatic rings. The largest absolute Gasteiger partial charge is 0.490 e. The summed E-state index contributed by atoms with van der Waals surface area (Å²) < 4.78 is 34.3. The van der Waals surface area contributed by atoms with Crippen LogP contribution in [0.4, 0.5) is 0 Å². The number of benzene rings is 1. The van der Waals surface area contributed by atoms with Crippen LogP contribution in [0.25, 0.3) is 6.08 Å². The molecule has 1 aromatic carbocycles. The lowest BCUT2D eigenvalue weighted by atomic mass is 10.1. The molecule has 6 nitrogen and oxygen atoms in total. The molecule has 2 heterocycles. The van der Waals surface area contributed by atoms with Gasteiger partial charge in [0, 0.05) is 25.6 Å². The van der Waals surface area contributed by atoms with Crippen LogP contribution >= 0.6 is 0 Å². The van der Waals surface area contributed by atoms with Gasteiger partial charge in [0.2, 0.25) is 5.91 Å². The lowest BCUT2D eigenvalue weighted by molar-refractivity contribution is -0.126. The smallest absolute Gasteiger partial charge is 0.246 e. The lowest BCUT2D eigenvalue weighted by Gasteiger charge is -2.21. The average Bonchev–Trinajstić information content (AvgIpc) is 2.78. The van der Waals surface area contributed by atoms with Gasteiger partial charge in [-0.05, 0) is 30.2 Å². The Hall–Kier alpha value is -2.02. The van der Waals surface area contributed by atoms with Crippen molar-refractivity contribution >= 4 is 21.8 Å². The highest BCUT2D eigenvalue weighted by Crippen LogP contribution is 2.30. The molecule has 0 saturated carbocycles. The van der Waals surface area contributed by atoms with Crippen molar-refractivity contribution in [3.8, 4) is 11.5 Å². The summed E-state index contributed by atoms with van der Waals surface area (Å²) >= 11 is 0. The Balaban J connectivity index is 1.67. The summed E-state index contributed by atoms with van der Waals surface area (Å²) in [6.07, 6.45) is 4.51. The van der Waals surface area contributed by atoms with Gasteiger partial charge in [-0.3, -0.25) is 4.79 Å². The van der Waals surface area contributed by atoms with E-state index in [1.54, 1.807) is 13.1 Å². The quantitative estimate of drug-likeness (QED) is 0.772. The minimum atomic E-state index is -3.00. The molecule has 0 radical (unpaired) electrons. The summed E-state index contributed by atoms with van der Waals surface area (Å²) in [5.41, 5.74) is 0.833. The number of sulfone groups is 1. The third-order valence-corrected chi connectivity index (χ3v) is 6.04. The van der Waals surface area contributed by atoms with Crippen LogP contribution in [0.1, 0.15) is 18.4 Å². The van der Waals surface area contributed by atoms with Crippen molar-refractivity contribution < 1.29 is 22.7 Å². The molecule has 7 heteroatoms. The molecular weight excluding hydrogens is 330 g/mol. The van der Waals surface area contributed by atoms with Crippen molar-refractivity contribution in [2.75, 3.05) is 31.8 Å². The van der Waals surface area contributed by atoms with Crippen molar-refractivity contribution in [3.63, 3.8) is 0 Å². The molecule has 0 N–H and O–H groups in total. The van der Waals surface area contributed by atoms with Gasteiger partial charge in [-0.15, -0.1) is 0 Å². The molecular formula is C17H21NO5S. The SMILES string of the molecule is CN(C(=O)/C=C/c1ccc2c(c1)OCCCO2)[C@@H]1CCS(=O)(=O)C1. The number of rotatable bonds is 3. The summed E-state index contributed by atoms with van der Waals surface area (Å²) in [4.78, 5) is 13.8. The van der Waals surface area contributed by atoms with Gasteiger partial charge >= 0.3 is 0 Å². The van der Waals surface area contributed by atoms with Gasteiger partial charge in [-0.25, -0.2) is 8.42 Å². The number of likely N-dealkylation sites (N-methyl/N-ethyl adjacent to an activating group) is 1. The Bertz CT molecular complexity index is 756. The number of carbonyl (C=O) groups is 1. The molecule has 1 atom stereocenters. The zero-order valence-electron chi connectivity index (χ0n) is 13.6. The fraction of sp³-hybridized carbons (Fsp3) is 0.471. The first-order valence-electron chi connectivity index (χ1n) is 7.99. The normalized spacial score (nSPS) is 22.3. The molecule has 130 valence electrons. The Kier molecular flexibility index (Phi) is 4.80. The first-order valence-corrected chi connectivity index (χ1v) is 9.82. The number of fused-ring (bicyclic) bond motifs is 1. The number of hydrogen-bond donors (Lipinski definition) is 0. The molecule has 0 spiro atoms. The van der Waals surface area contributed by atoms with Crippen LogP contribution in [-0.4, -0.2) is 57.0 Å². The highest BCUT2D eigenvalue weighted by Gasteiger charge is 2.32. The van der Waals surface area contributed by atoms with Gasteiger partial charge in [-0.1, -0.05) is 6.07 Å². The van der Waals surface area contributed by atoms with Gasteiger partial charge in [0.05, 0.1) is 24.7 Å². The van der Waals surface area contributed by atoms with Gasteiger partial charge < -0.3 is 14.4 Å². The van der Waals surface area contributed by atoms with Gasteiger partial charge in [0.1, 0.15) is 0 Å². The fourth-order valence-corrected chi connectivity index (χ4v) is 4.60. The average molecular weight is 351 g/mol. The van der Waals surface area contributed by atoms with E-state index in [9.17, 15) is 13.2 Å². The van der Waals surface area contributed by atoms with Crippen molar-refractivity contribution in [2.24, 2.45) is 0 Å². The van der Waals surface area contributed by atoms with E-state index in [1.165, 1.54) is 11.0 Å². The van der Waals surface area contributed by atoms with E-state index in [4.69, 9.17) is 9.47 Å². The van der Waals surface area contributed by atoms with E-state index in [0.29, 0.717) is 31.1 Å². The van der Waals surface area contributed by atoms with E-state index in [1.807, 2.05) is 18.2 Å². The molecule has 0 unspecified atom stereocenters. The van der Waals surface area contributed by atoms with Crippen LogP contribution in [-0.2, 0) is 14.6 Å². The summed E-state index contributed by atoms with van der Waals surface area (Å²) in [7, 11) is -1.36. The zero-order valence-corrected chi connectivity index (χ0v) is 14.4.